The molecule has 6 aromatic carbocycles. The van der Waals surface area contributed by atoms with Crippen LogP contribution in [0.5, 0.6) is 11.5 Å². The van der Waals surface area contributed by atoms with Gasteiger partial charge in [0.15, 0.2) is 0 Å². The molecule has 3 nitrogen and oxygen atoms in total. The van der Waals surface area contributed by atoms with E-state index in [4.69, 9.17) is 9.72 Å². The molecule has 9 rings (SSSR count). The van der Waals surface area contributed by atoms with Gasteiger partial charge in [-0.15, -0.1) is 52.9 Å². The normalized spacial score (nSPS) is 11.4. The standard InChI is InChI=1S/C27H14NO.C14H14N.Ir/c1-2-7-18-14-24-23(13-17(18)6-1)27-26-21(11-12-28-27)20-10-9-16-5-3-4-8-19(16)22(20)15-25(26)29-24;1-10-4-6-13(7-5-10)14-8-11(2)12(3)9-15-14;/h1-12,14-15H;4-6,8-9H,1-3H3;/q2*-1;. The summed E-state index contributed by atoms with van der Waals surface area (Å²) in [5.41, 5.74) is 7.66. The fourth-order valence-corrected chi connectivity index (χ4v) is 6.05. The summed E-state index contributed by atoms with van der Waals surface area (Å²) in [6.07, 6.45) is 3.81. The number of rotatable bonds is 1. The number of nitrogens with zero attached hydrogens (tertiary/aromatic N) is 2. The first kappa shape index (κ1) is 28.9. The molecule has 0 amide bonds. The quantitative estimate of drug-likeness (QED) is 0.124. The number of hydrogen-bond acceptors (Lipinski definition) is 3. The average molecular weight is 757 g/mol. The zero-order chi connectivity index (χ0) is 29.8. The fraction of sp³-hybridized carbons (Fsp3) is 0.0732. The number of fused-ring (bicyclic) bond motifs is 7. The minimum atomic E-state index is 0. The maximum absolute atomic E-state index is 6.44. The van der Waals surface area contributed by atoms with Gasteiger partial charge < -0.3 is 9.72 Å². The molecule has 0 saturated carbocycles. The number of aromatic nitrogens is 2. The van der Waals surface area contributed by atoms with E-state index in [2.05, 4.69) is 123 Å². The smallest absolute Gasteiger partial charge is 0.120 e. The molecular weight excluding hydrogens is 729 g/mol. The maximum atomic E-state index is 6.44. The average Bonchev–Trinajstić information content (AvgIpc) is 3.06. The van der Waals surface area contributed by atoms with Crippen LogP contribution in [0, 0.1) is 32.9 Å². The summed E-state index contributed by atoms with van der Waals surface area (Å²) in [7, 11) is 0. The van der Waals surface area contributed by atoms with Crippen LogP contribution >= 0.6 is 0 Å². The van der Waals surface area contributed by atoms with Gasteiger partial charge in [0.25, 0.3) is 0 Å². The van der Waals surface area contributed by atoms with Crippen LogP contribution in [0.1, 0.15) is 16.7 Å². The minimum absolute atomic E-state index is 0. The predicted octanol–water partition coefficient (Wildman–Crippen LogP) is 10.7. The van der Waals surface area contributed by atoms with Gasteiger partial charge in [-0.3, -0.25) is 4.98 Å². The molecule has 0 aliphatic carbocycles. The van der Waals surface area contributed by atoms with E-state index in [0.29, 0.717) is 0 Å². The summed E-state index contributed by atoms with van der Waals surface area (Å²) in [4.78, 5) is 9.15. The Hall–Kier alpha value is -4.89. The van der Waals surface area contributed by atoms with Gasteiger partial charge in [0.2, 0.25) is 0 Å². The minimum Gasteiger partial charge on any atom is -0.492 e. The van der Waals surface area contributed by atoms with Gasteiger partial charge in [0.05, 0.1) is 5.75 Å². The molecule has 0 spiro atoms. The van der Waals surface area contributed by atoms with Crippen molar-refractivity contribution in [3.63, 3.8) is 0 Å². The van der Waals surface area contributed by atoms with Crippen LogP contribution in [-0.4, -0.2) is 9.97 Å². The number of ether oxygens (including phenoxy) is 1. The van der Waals surface area contributed by atoms with Gasteiger partial charge in [-0.2, -0.15) is 0 Å². The molecule has 0 bridgehead atoms. The molecule has 0 fully saturated rings. The molecule has 1 radical (unpaired) electrons. The molecule has 0 N–H and O–H groups in total. The third-order valence-corrected chi connectivity index (χ3v) is 8.56. The SMILES string of the molecule is Cc1c[c-]c(-c2cc(C)c(C)cn2)cc1.[Ir].[c-]1c2c(cc3ccccc13)Oc1cc3c4ccccc4ccc3c3ccnc-2c13. The van der Waals surface area contributed by atoms with Crippen molar-refractivity contribution < 1.29 is 24.8 Å². The van der Waals surface area contributed by atoms with Crippen molar-refractivity contribution in [2.45, 2.75) is 20.8 Å². The maximum Gasteiger partial charge on any atom is 0.120 e. The van der Waals surface area contributed by atoms with E-state index in [9.17, 15) is 0 Å². The Morgan fingerprint density at radius 1 is 0.644 bits per heavy atom. The molecule has 8 aromatic rings. The first-order chi connectivity index (χ1) is 21.5. The molecule has 3 heterocycles. The topological polar surface area (TPSA) is 35.0 Å². The van der Waals surface area contributed by atoms with E-state index in [0.717, 1.165) is 50.2 Å². The number of aryl methyl sites for hydroxylation is 3. The molecule has 0 saturated heterocycles. The largest absolute Gasteiger partial charge is 0.492 e. The Morgan fingerprint density at radius 2 is 1.47 bits per heavy atom. The van der Waals surface area contributed by atoms with E-state index < -0.39 is 0 Å². The second-order valence-corrected chi connectivity index (χ2v) is 11.5. The summed E-state index contributed by atoms with van der Waals surface area (Å²) in [5.74, 6) is 1.68. The summed E-state index contributed by atoms with van der Waals surface area (Å²) in [5, 5.41) is 9.32. The Balaban J connectivity index is 0.000000173. The molecular formula is C41H28IrN2O-2. The van der Waals surface area contributed by atoms with Crippen molar-refractivity contribution in [1.29, 1.82) is 0 Å². The van der Waals surface area contributed by atoms with Crippen molar-refractivity contribution in [3.05, 3.63) is 144 Å². The third-order valence-electron chi connectivity index (χ3n) is 8.56. The van der Waals surface area contributed by atoms with Gasteiger partial charge >= 0.3 is 0 Å². The molecule has 1 aliphatic heterocycles. The van der Waals surface area contributed by atoms with Crippen LogP contribution in [0.25, 0.3) is 65.6 Å². The molecule has 219 valence electrons. The van der Waals surface area contributed by atoms with Gasteiger partial charge in [-0.25, -0.2) is 0 Å². The predicted molar refractivity (Wildman–Crippen MR) is 181 cm³/mol. The summed E-state index contributed by atoms with van der Waals surface area (Å²) in [6.45, 7) is 6.24. The Morgan fingerprint density at radius 3 is 2.29 bits per heavy atom. The van der Waals surface area contributed by atoms with E-state index in [1.54, 1.807) is 0 Å². The van der Waals surface area contributed by atoms with Gasteiger partial charge in [0.1, 0.15) is 5.75 Å². The zero-order valence-corrected chi connectivity index (χ0v) is 27.5. The van der Waals surface area contributed by atoms with Crippen LogP contribution in [-0.2, 0) is 20.1 Å². The van der Waals surface area contributed by atoms with Crippen LogP contribution in [0.3, 0.4) is 0 Å². The molecule has 2 aromatic heterocycles. The molecule has 0 atom stereocenters. The van der Waals surface area contributed by atoms with Crippen LogP contribution in [0.2, 0.25) is 0 Å². The Kier molecular flexibility index (Phi) is 7.41. The van der Waals surface area contributed by atoms with Crippen molar-refractivity contribution in [2.24, 2.45) is 0 Å². The van der Waals surface area contributed by atoms with Gasteiger partial charge in [0, 0.05) is 43.6 Å². The van der Waals surface area contributed by atoms with Crippen LogP contribution < -0.4 is 4.74 Å². The third kappa shape index (κ3) is 5.07. The van der Waals surface area contributed by atoms with Crippen molar-refractivity contribution in [1.82, 2.24) is 9.97 Å². The summed E-state index contributed by atoms with van der Waals surface area (Å²) >= 11 is 0. The van der Waals surface area contributed by atoms with E-state index in [1.165, 1.54) is 43.6 Å². The van der Waals surface area contributed by atoms with Crippen molar-refractivity contribution in [2.75, 3.05) is 0 Å². The Bertz CT molecular complexity index is 2400. The fourth-order valence-electron chi connectivity index (χ4n) is 6.05. The van der Waals surface area contributed by atoms with Gasteiger partial charge in [-0.05, 0) is 64.2 Å². The molecule has 4 heteroatoms. The molecule has 0 unspecified atom stereocenters. The first-order valence-corrected chi connectivity index (χ1v) is 14.8. The monoisotopic (exact) mass is 757 g/mol. The molecule has 45 heavy (non-hydrogen) atoms. The van der Waals surface area contributed by atoms with Crippen molar-refractivity contribution in [3.8, 4) is 34.0 Å². The first-order valence-electron chi connectivity index (χ1n) is 14.8. The molecule has 1 aliphatic rings. The number of benzene rings is 6. The zero-order valence-electron chi connectivity index (χ0n) is 25.1. The Labute approximate surface area is 275 Å². The van der Waals surface area contributed by atoms with E-state index >= 15 is 0 Å². The van der Waals surface area contributed by atoms with Crippen LogP contribution in [0.15, 0.2) is 116 Å². The van der Waals surface area contributed by atoms with E-state index in [1.807, 2.05) is 30.6 Å². The second kappa shape index (κ2) is 11.6. The van der Waals surface area contributed by atoms with E-state index in [-0.39, 0.29) is 20.1 Å². The van der Waals surface area contributed by atoms with Gasteiger partial charge in [-0.1, -0.05) is 90.2 Å². The number of pyridine rings is 2. The van der Waals surface area contributed by atoms with Crippen molar-refractivity contribution >= 4 is 43.1 Å². The summed E-state index contributed by atoms with van der Waals surface area (Å²) in [6, 6.07) is 42.5. The van der Waals surface area contributed by atoms with Crippen LogP contribution in [0.4, 0.5) is 0 Å². The second-order valence-electron chi connectivity index (χ2n) is 11.5. The summed E-state index contributed by atoms with van der Waals surface area (Å²) < 4.78 is 6.44. The number of hydrogen-bond donors (Lipinski definition) is 0.